The minimum Gasteiger partial charge on any atom is -0.339 e. The minimum atomic E-state index is -0.476. The highest BCUT2D eigenvalue weighted by Crippen LogP contribution is 2.26. The van der Waals surface area contributed by atoms with Crippen molar-refractivity contribution in [3.05, 3.63) is 77.9 Å². The molecule has 0 aliphatic carbocycles. The average Bonchev–Trinajstić information content (AvgIpc) is 2.69. The summed E-state index contributed by atoms with van der Waals surface area (Å²) in [4.78, 5) is 17.4. The van der Waals surface area contributed by atoms with Gasteiger partial charge in [-0.05, 0) is 25.0 Å². The van der Waals surface area contributed by atoms with E-state index in [1.54, 1.807) is 0 Å². The molecule has 1 aliphatic rings. The van der Waals surface area contributed by atoms with Gasteiger partial charge in [0, 0.05) is 32.7 Å². The molecule has 1 saturated heterocycles. The predicted octanol–water partition coefficient (Wildman–Crippen LogP) is 3.82. The molecule has 2 aromatic rings. The highest BCUT2D eigenvalue weighted by molar-refractivity contribution is 5.87. The molecule has 0 atom stereocenters. The Morgan fingerprint density at radius 1 is 0.923 bits per heavy atom. The Kier molecular flexibility index (Phi) is 5.89. The summed E-state index contributed by atoms with van der Waals surface area (Å²) < 4.78 is 0. The maximum absolute atomic E-state index is 13.0. The molecular weight excluding hydrogens is 320 g/mol. The van der Waals surface area contributed by atoms with Gasteiger partial charge < -0.3 is 4.90 Å². The zero-order valence-corrected chi connectivity index (χ0v) is 15.8. The van der Waals surface area contributed by atoms with Gasteiger partial charge in [-0.25, -0.2) is 0 Å². The zero-order chi connectivity index (χ0) is 18.4. The minimum absolute atomic E-state index is 0.225. The second-order valence-electron chi connectivity index (χ2n) is 7.40. The van der Waals surface area contributed by atoms with Gasteiger partial charge in [0.25, 0.3) is 0 Å². The van der Waals surface area contributed by atoms with Crippen LogP contribution in [0.1, 0.15) is 25.0 Å². The van der Waals surface area contributed by atoms with Crippen molar-refractivity contribution in [1.82, 2.24) is 9.80 Å². The van der Waals surface area contributed by atoms with Crippen molar-refractivity contribution in [3.63, 3.8) is 0 Å². The fraction of sp³-hybridized carbons (Fsp3) is 0.348. The molecule has 0 saturated carbocycles. The highest BCUT2D eigenvalue weighted by atomic mass is 16.2. The number of hydrogen-bond donors (Lipinski definition) is 0. The number of amides is 1. The van der Waals surface area contributed by atoms with Crippen LogP contribution in [-0.4, -0.2) is 48.4 Å². The van der Waals surface area contributed by atoms with E-state index < -0.39 is 5.41 Å². The smallest absolute Gasteiger partial charge is 0.232 e. The van der Waals surface area contributed by atoms with Crippen LogP contribution in [0.5, 0.6) is 0 Å². The number of piperazine rings is 1. The first-order valence-electron chi connectivity index (χ1n) is 9.36. The zero-order valence-electron chi connectivity index (χ0n) is 15.8. The van der Waals surface area contributed by atoms with Crippen LogP contribution in [0.25, 0.3) is 6.08 Å². The Morgan fingerprint density at radius 3 is 2.12 bits per heavy atom. The molecule has 26 heavy (non-hydrogen) atoms. The van der Waals surface area contributed by atoms with E-state index in [9.17, 15) is 4.79 Å². The topological polar surface area (TPSA) is 23.6 Å². The molecule has 0 radical (unpaired) electrons. The quantitative estimate of drug-likeness (QED) is 0.820. The predicted molar refractivity (Wildman–Crippen MR) is 108 cm³/mol. The molecule has 0 spiro atoms. The lowest BCUT2D eigenvalue weighted by Crippen LogP contribution is -2.53. The van der Waals surface area contributed by atoms with Crippen LogP contribution >= 0.6 is 0 Å². The number of benzene rings is 2. The molecule has 0 unspecified atom stereocenters. The van der Waals surface area contributed by atoms with E-state index in [2.05, 4.69) is 41.3 Å². The summed E-state index contributed by atoms with van der Waals surface area (Å²) in [5.41, 5.74) is 1.83. The lowest BCUT2D eigenvalue weighted by molar-refractivity contribution is -0.138. The van der Waals surface area contributed by atoms with Crippen molar-refractivity contribution >= 4 is 12.0 Å². The van der Waals surface area contributed by atoms with E-state index in [-0.39, 0.29) is 5.91 Å². The first-order valence-corrected chi connectivity index (χ1v) is 9.36. The Bertz CT molecular complexity index is 729. The van der Waals surface area contributed by atoms with Gasteiger partial charge in [-0.1, -0.05) is 72.8 Å². The normalized spacial score (nSPS) is 16.2. The summed E-state index contributed by atoms with van der Waals surface area (Å²) >= 11 is 0. The van der Waals surface area contributed by atoms with Gasteiger partial charge >= 0.3 is 0 Å². The molecule has 3 rings (SSSR count). The standard InChI is InChI=1S/C23H28N2O/c1-23(2,21-13-7-4-8-14-21)22(26)25-18-16-24(17-19-25)15-9-12-20-10-5-3-6-11-20/h3-14H,15-19H2,1-2H3/b12-9+. The molecule has 1 amide bonds. The summed E-state index contributed by atoms with van der Waals surface area (Å²) in [7, 11) is 0. The molecule has 1 heterocycles. The van der Waals surface area contributed by atoms with Gasteiger partial charge in [-0.15, -0.1) is 0 Å². The van der Waals surface area contributed by atoms with Gasteiger partial charge in [-0.2, -0.15) is 0 Å². The van der Waals surface area contributed by atoms with E-state index in [1.165, 1.54) is 5.56 Å². The van der Waals surface area contributed by atoms with Crippen molar-refractivity contribution in [1.29, 1.82) is 0 Å². The third-order valence-electron chi connectivity index (χ3n) is 5.16. The number of rotatable bonds is 5. The van der Waals surface area contributed by atoms with Crippen LogP contribution in [0.15, 0.2) is 66.7 Å². The SMILES string of the molecule is CC(C)(C(=O)N1CCN(C/C=C/c2ccccc2)CC1)c1ccccc1. The van der Waals surface area contributed by atoms with Gasteiger partial charge in [0.2, 0.25) is 5.91 Å². The van der Waals surface area contributed by atoms with Gasteiger partial charge in [0.05, 0.1) is 5.41 Å². The number of carbonyl (C=O) groups is 1. The summed E-state index contributed by atoms with van der Waals surface area (Å²) in [6.45, 7) is 8.44. The van der Waals surface area contributed by atoms with Crippen LogP contribution in [-0.2, 0) is 10.2 Å². The molecule has 3 heteroatoms. The van der Waals surface area contributed by atoms with E-state index in [4.69, 9.17) is 0 Å². The maximum atomic E-state index is 13.0. The van der Waals surface area contributed by atoms with Gasteiger partial charge in [0.15, 0.2) is 0 Å². The molecular formula is C23H28N2O. The summed E-state index contributed by atoms with van der Waals surface area (Å²) in [5, 5.41) is 0. The maximum Gasteiger partial charge on any atom is 0.232 e. The van der Waals surface area contributed by atoms with E-state index >= 15 is 0 Å². The first-order chi connectivity index (χ1) is 12.6. The largest absolute Gasteiger partial charge is 0.339 e. The Balaban J connectivity index is 1.52. The summed E-state index contributed by atoms with van der Waals surface area (Å²) in [5.74, 6) is 0.225. The molecule has 0 bridgehead atoms. The molecule has 0 aromatic heterocycles. The van der Waals surface area contributed by atoms with E-state index in [0.29, 0.717) is 0 Å². The van der Waals surface area contributed by atoms with Crippen molar-refractivity contribution in [2.45, 2.75) is 19.3 Å². The monoisotopic (exact) mass is 348 g/mol. The van der Waals surface area contributed by atoms with Crippen molar-refractivity contribution in [3.8, 4) is 0 Å². The summed E-state index contributed by atoms with van der Waals surface area (Å²) in [6, 6.07) is 20.4. The van der Waals surface area contributed by atoms with Gasteiger partial charge in [0.1, 0.15) is 0 Å². The van der Waals surface area contributed by atoms with Crippen molar-refractivity contribution < 1.29 is 4.79 Å². The van der Waals surface area contributed by atoms with Crippen LogP contribution in [0.2, 0.25) is 0 Å². The lowest BCUT2D eigenvalue weighted by Gasteiger charge is -2.38. The third-order valence-corrected chi connectivity index (χ3v) is 5.16. The fourth-order valence-electron chi connectivity index (χ4n) is 3.41. The summed E-state index contributed by atoms with van der Waals surface area (Å²) in [6.07, 6.45) is 4.37. The Morgan fingerprint density at radius 2 is 1.50 bits per heavy atom. The second kappa shape index (κ2) is 8.33. The molecule has 3 nitrogen and oxygen atoms in total. The molecule has 0 N–H and O–H groups in total. The van der Waals surface area contributed by atoms with Crippen LogP contribution in [0.3, 0.4) is 0 Å². The first kappa shape index (κ1) is 18.4. The van der Waals surface area contributed by atoms with Crippen LogP contribution in [0.4, 0.5) is 0 Å². The van der Waals surface area contributed by atoms with Crippen LogP contribution < -0.4 is 0 Å². The van der Waals surface area contributed by atoms with Crippen molar-refractivity contribution in [2.75, 3.05) is 32.7 Å². The second-order valence-corrected chi connectivity index (χ2v) is 7.40. The van der Waals surface area contributed by atoms with E-state index in [1.807, 2.05) is 55.1 Å². The highest BCUT2D eigenvalue weighted by Gasteiger charge is 2.34. The molecule has 136 valence electrons. The number of carbonyl (C=O) groups excluding carboxylic acids is 1. The number of nitrogens with zero attached hydrogens (tertiary/aromatic N) is 2. The lowest BCUT2D eigenvalue weighted by atomic mass is 9.83. The fourth-order valence-corrected chi connectivity index (χ4v) is 3.41. The third kappa shape index (κ3) is 4.41. The Hall–Kier alpha value is -2.39. The Labute approximate surface area is 156 Å². The van der Waals surface area contributed by atoms with E-state index in [0.717, 1.165) is 38.3 Å². The van der Waals surface area contributed by atoms with Crippen molar-refractivity contribution in [2.24, 2.45) is 0 Å². The van der Waals surface area contributed by atoms with Gasteiger partial charge in [-0.3, -0.25) is 9.69 Å². The molecule has 1 fully saturated rings. The van der Waals surface area contributed by atoms with Crippen LogP contribution in [0, 0.1) is 0 Å². The molecule has 2 aromatic carbocycles. The average molecular weight is 348 g/mol. The number of hydrogen-bond acceptors (Lipinski definition) is 2. The molecule has 1 aliphatic heterocycles.